The Bertz CT molecular complexity index is 1190. The van der Waals surface area contributed by atoms with Crippen LogP contribution in [-0.2, 0) is 14.8 Å². The van der Waals surface area contributed by atoms with E-state index in [0.29, 0.717) is 6.07 Å². The SMILES string of the molecule is COc1c(N2C[C@](C)(C(F)(F)F)C[C@H]2C(=O)Nc2ccnc(S(N)(=O)=O)c2)ccc(F)c1F. The van der Waals surface area contributed by atoms with Gasteiger partial charge in [0.15, 0.2) is 16.6 Å². The smallest absolute Gasteiger partial charge is 0.396 e. The second kappa shape index (κ2) is 8.41. The molecule has 1 aliphatic rings. The van der Waals surface area contributed by atoms with Crippen LogP contribution in [0.1, 0.15) is 13.3 Å². The first-order chi connectivity index (χ1) is 15.2. The van der Waals surface area contributed by atoms with Crippen molar-refractivity contribution in [2.75, 3.05) is 23.9 Å². The summed E-state index contributed by atoms with van der Waals surface area (Å²) in [5, 5.41) is 6.77. The standard InChI is InChI=1S/C19H19F5N4O4S/c1-18(19(22,23)24)8-13(17(29)27-10-5-6-26-14(7-10)33(25,30)31)28(9-18)12-4-3-11(20)15(21)16(12)32-2/h3-7,13H,8-9H2,1-2H3,(H2,25,30,31)(H,26,27,29)/t13-,18+/m0/s1. The number of pyridine rings is 1. The van der Waals surface area contributed by atoms with E-state index >= 15 is 0 Å². The van der Waals surface area contributed by atoms with Gasteiger partial charge in [0.25, 0.3) is 10.0 Å². The first-order valence-electron chi connectivity index (χ1n) is 9.33. The summed E-state index contributed by atoms with van der Waals surface area (Å²) in [6.07, 6.45) is -4.39. The molecule has 1 fully saturated rings. The van der Waals surface area contributed by atoms with Gasteiger partial charge in [-0.1, -0.05) is 0 Å². The topological polar surface area (TPSA) is 115 Å². The normalized spacial score (nSPS) is 21.2. The number of carbonyl (C=O) groups is 1. The lowest BCUT2D eigenvalue weighted by atomic mass is 9.87. The molecule has 0 saturated carbocycles. The molecule has 8 nitrogen and oxygen atoms in total. The molecule has 0 bridgehead atoms. The van der Waals surface area contributed by atoms with E-state index in [4.69, 9.17) is 9.88 Å². The molecular weight excluding hydrogens is 475 g/mol. The quantitative estimate of drug-likeness (QED) is 0.618. The zero-order chi connectivity index (χ0) is 24.8. The summed E-state index contributed by atoms with van der Waals surface area (Å²) in [4.78, 5) is 17.5. The molecule has 33 heavy (non-hydrogen) atoms. The number of nitrogens with zero attached hydrogens (tertiary/aromatic N) is 2. The van der Waals surface area contributed by atoms with E-state index in [-0.39, 0.29) is 11.4 Å². The van der Waals surface area contributed by atoms with Crippen molar-refractivity contribution in [3.05, 3.63) is 42.1 Å². The number of alkyl halides is 3. The van der Waals surface area contributed by atoms with Crippen molar-refractivity contribution < 1.29 is 39.9 Å². The third-order valence-corrected chi connectivity index (χ3v) is 6.17. The maximum atomic E-state index is 14.2. The summed E-state index contributed by atoms with van der Waals surface area (Å²) < 4.78 is 97.1. The number of hydrogen-bond donors (Lipinski definition) is 2. The predicted octanol–water partition coefficient (Wildman–Crippen LogP) is 2.80. The van der Waals surface area contributed by atoms with E-state index in [1.807, 2.05) is 0 Å². The highest BCUT2D eigenvalue weighted by Crippen LogP contribution is 2.50. The van der Waals surface area contributed by atoms with Crippen molar-refractivity contribution >= 4 is 27.3 Å². The van der Waals surface area contributed by atoms with Crippen molar-refractivity contribution in [1.29, 1.82) is 0 Å². The minimum absolute atomic E-state index is 0.0863. The van der Waals surface area contributed by atoms with Gasteiger partial charge in [-0.2, -0.15) is 17.6 Å². The molecule has 3 rings (SSSR count). The van der Waals surface area contributed by atoms with E-state index in [0.717, 1.165) is 37.3 Å². The van der Waals surface area contributed by atoms with Gasteiger partial charge in [-0.05, 0) is 31.5 Å². The van der Waals surface area contributed by atoms with Crippen LogP contribution in [0.3, 0.4) is 0 Å². The van der Waals surface area contributed by atoms with Crippen LogP contribution in [0.25, 0.3) is 0 Å². The van der Waals surface area contributed by atoms with E-state index in [9.17, 15) is 35.2 Å². The van der Waals surface area contributed by atoms with Crippen LogP contribution in [0.2, 0.25) is 0 Å². The predicted molar refractivity (Wildman–Crippen MR) is 107 cm³/mol. The maximum absolute atomic E-state index is 14.2. The highest BCUT2D eigenvalue weighted by Gasteiger charge is 2.59. The second-order valence-electron chi connectivity index (χ2n) is 7.74. The van der Waals surface area contributed by atoms with Crippen LogP contribution < -0.4 is 20.1 Å². The number of sulfonamides is 1. The van der Waals surface area contributed by atoms with E-state index < -0.39 is 68.9 Å². The summed E-state index contributed by atoms with van der Waals surface area (Å²) in [7, 11) is -3.19. The monoisotopic (exact) mass is 494 g/mol. The Labute approximate surface area is 185 Å². The molecule has 0 radical (unpaired) electrons. The van der Waals surface area contributed by atoms with Gasteiger partial charge in [-0.3, -0.25) is 4.79 Å². The molecule has 2 heterocycles. The number of aromatic nitrogens is 1. The van der Waals surface area contributed by atoms with Gasteiger partial charge in [0, 0.05) is 24.5 Å². The summed E-state index contributed by atoms with van der Waals surface area (Å²) in [5.41, 5.74) is -2.70. The van der Waals surface area contributed by atoms with E-state index in [1.165, 1.54) is 6.07 Å². The van der Waals surface area contributed by atoms with Gasteiger partial charge >= 0.3 is 6.18 Å². The first kappa shape index (κ1) is 24.6. The number of rotatable bonds is 5. The molecule has 0 aliphatic carbocycles. The maximum Gasteiger partial charge on any atom is 0.396 e. The van der Waals surface area contributed by atoms with Crippen LogP contribution in [-0.4, -0.2) is 45.2 Å². The third kappa shape index (κ3) is 4.71. The number of nitrogens with one attached hydrogen (secondary N) is 1. The molecule has 180 valence electrons. The van der Waals surface area contributed by atoms with Crippen molar-refractivity contribution in [2.24, 2.45) is 10.6 Å². The summed E-state index contributed by atoms with van der Waals surface area (Å²) in [6, 6.07) is 2.40. The van der Waals surface area contributed by atoms with E-state index in [2.05, 4.69) is 10.3 Å². The van der Waals surface area contributed by atoms with Gasteiger partial charge < -0.3 is 15.0 Å². The molecule has 1 aromatic heterocycles. The number of nitrogens with two attached hydrogens (primary N) is 1. The average molecular weight is 494 g/mol. The molecule has 1 amide bonds. The number of primary sulfonamides is 1. The number of benzene rings is 1. The second-order valence-corrected chi connectivity index (χ2v) is 9.25. The van der Waals surface area contributed by atoms with E-state index in [1.54, 1.807) is 0 Å². The van der Waals surface area contributed by atoms with Crippen LogP contribution in [0.4, 0.5) is 33.3 Å². The van der Waals surface area contributed by atoms with Crippen molar-refractivity contribution in [2.45, 2.75) is 30.6 Å². The Morgan fingerprint density at radius 3 is 2.55 bits per heavy atom. The molecule has 0 unspecified atom stereocenters. The number of halogens is 5. The van der Waals surface area contributed by atoms with Crippen molar-refractivity contribution in [1.82, 2.24) is 4.98 Å². The average Bonchev–Trinajstić information content (AvgIpc) is 3.08. The third-order valence-electron chi connectivity index (χ3n) is 5.36. The Hall–Kier alpha value is -3.00. The molecule has 2 aromatic rings. The minimum atomic E-state index is -4.72. The highest BCUT2D eigenvalue weighted by atomic mass is 32.2. The molecular formula is C19H19F5N4O4S. The Kier molecular flexibility index (Phi) is 6.28. The number of hydrogen-bond acceptors (Lipinski definition) is 6. The number of anilines is 2. The van der Waals surface area contributed by atoms with Gasteiger partial charge in [-0.25, -0.2) is 22.9 Å². The van der Waals surface area contributed by atoms with Crippen LogP contribution in [0.5, 0.6) is 5.75 Å². The summed E-state index contributed by atoms with van der Waals surface area (Å²) in [6.45, 7) is 0.167. The molecule has 3 N–H and O–H groups in total. The largest absolute Gasteiger partial charge is 0.491 e. The van der Waals surface area contributed by atoms with Crippen LogP contribution in [0, 0.1) is 17.0 Å². The van der Waals surface area contributed by atoms with Crippen LogP contribution in [0.15, 0.2) is 35.5 Å². The minimum Gasteiger partial charge on any atom is -0.491 e. The molecule has 14 heteroatoms. The zero-order valence-corrected chi connectivity index (χ0v) is 18.1. The zero-order valence-electron chi connectivity index (χ0n) is 17.3. The Morgan fingerprint density at radius 2 is 1.97 bits per heavy atom. The number of methoxy groups -OCH3 is 1. The summed E-state index contributed by atoms with van der Waals surface area (Å²) in [5.74, 6) is -4.29. The lowest BCUT2D eigenvalue weighted by Gasteiger charge is -2.29. The molecule has 1 saturated heterocycles. The van der Waals surface area contributed by atoms with Gasteiger partial charge in [0.2, 0.25) is 11.7 Å². The first-order valence-corrected chi connectivity index (χ1v) is 10.9. The van der Waals surface area contributed by atoms with Crippen molar-refractivity contribution in [3.63, 3.8) is 0 Å². The Morgan fingerprint density at radius 1 is 1.30 bits per heavy atom. The fourth-order valence-electron chi connectivity index (χ4n) is 3.59. The number of amides is 1. The number of carbonyl (C=O) groups excluding carboxylic acids is 1. The lowest BCUT2D eigenvalue weighted by molar-refractivity contribution is -0.210. The fraction of sp³-hybridized carbons (Fsp3) is 0.368. The molecule has 0 spiro atoms. The highest BCUT2D eigenvalue weighted by molar-refractivity contribution is 7.89. The van der Waals surface area contributed by atoms with Gasteiger partial charge in [0.1, 0.15) is 6.04 Å². The van der Waals surface area contributed by atoms with Gasteiger partial charge in [0.05, 0.1) is 18.2 Å². The molecule has 1 aliphatic heterocycles. The van der Waals surface area contributed by atoms with Crippen LogP contribution >= 0.6 is 0 Å². The number of ether oxygens (including phenoxy) is 1. The summed E-state index contributed by atoms with van der Waals surface area (Å²) >= 11 is 0. The fourth-order valence-corrected chi connectivity index (χ4v) is 4.09. The lowest BCUT2D eigenvalue weighted by Crippen LogP contribution is -2.40. The van der Waals surface area contributed by atoms with Gasteiger partial charge in [-0.15, -0.1) is 0 Å². The van der Waals surface area contributed by atoms with Crippen molar-refractivity contribution in [3.8, 4) is 5.75 Å². The molecule has 2 atom stereocenters. The Balaban J connectivity index is 2.02. The molecule has 1 aromatic carbocycles.